The average Bonchev–Trinajstić information content (AvgIpc) is 2.94. The summed E-state index contributed by atoms with van der Waals surface area (Å²) in [5, 5.41) is 0. The van der Waals surface area contributed by atoms with E-state index >= 15 is 0 Å². The minimum Gasteiger partial charge on any atom is -0.432 e. The molecule has 0 N–H and O–H groups in total. The number of benzene rings is 1. The van der Waals surface area contributed by atoms with Crippen molar-refractivity contribution in [3.8, 4) is 0 Å². The van der Waals surface area contributed by atoms with E-state index < -0.39 is 0 Å². The molecule has 1 fully saturated rings. The first kappa shape index (κ1) is 16.8. The Labute approximate surface area is 146 Å². The molecule has 0 spiro atoms. The number of guanidine groups is 1. The highest BCUT2D eigenvalue weighted by Crippen LogP contribution is 2.12. The number of aromatic nitrogens is 1. The van der Waals surface area contributed by atoms with E-state index in [0.29, 0.717) is 24.9 Å². The Morgan fingerprint density at radius 1 is 1.14 bits per heavy atom. The zero-order valence-electron chi connectivity index (χ0n) is 12.4. The van der Waals surface area contributed by atoms with Crippen molar-refractivity contribution in [1.29, 1.82) is 0 Å². The molecule has 0 aliphatic carbocycles. The van der Waals surface area contributed by atoms with E-state index in [1.54, 1.807) is 6.26 Å². The summed E-state index contributed by atoms with van der Waals surface area (Å²) in [6.45, 7) is 2.93. The van der Waals surface area contributed by atoms with Gasteiger partial charge in [0.2, 0.25) is 5.96 Å². The Kier molecular flexibility index (Phi) is 6.20. The maximum absolute atomic E-state index is 5.39. The molecule has 118 valence electrons. The lowest BCUT2D eigenvalue weighted by molar-refractivity contribution is 0.0674. The van der Waals surface area contributed by atoms with Crippen molar-refractivity contribution in [3.05, 3.63) is 48.5 Å². The van der Waals surface area contributed by atoms with E-state index in [4.69, 9.17) is 9.15 Å². The van der Waals surface area contributed by atoms with E-state index in [9.17, 15) is 0 Å². The number of rotatable bonds is 1. The van der Waals surface area contributed by atoms with Gasteiger partial charge in [-0.25, -0.2) is 4.99 Å². The van der Waals surface area contributed by atoms with Crippen molar-refractivity contribution in [3.63, 3.8) is 0 Å². The lowest BCUT2D eigenvalue weighted by Gasteiger charge is -2.27. The van der Waals surface area contributed by atoms with Crippen LogP contribution in [0.25, 0.3) is 0 Å². The number of aryl methyl sites for hydroxylation is 1. The highest BCUT2D eigenvalue weighted by Gasteiger charge is 2.15. The lowest BCUT2D eigenvalue weighted by Crippen LogP contribution is -2.40. The van der Waals surface area contributed by atoms with Gasteiger partial charge in [-0.05, 0) is 12.1 Å². The third kappa shape index (κ3) is 4.20. The largest absolute Gasteiger partial charge is 0.432 e. The average molecular weight is 414 g/mol. The molecule has 1 aromatic carbocycles. The summed E-state index contributed by atoms with van der Waals surface area (Å²) in [5.74, 6) is 0.648. The van der Waals surface area contributed by atoms with Crippen molar-refractivity contribution >= 4 is 35.6 Å². The number of ether oxygens (including phenoxy) is 1. The topological polar surface area (TPSA) is 55.3 Å². The van der Waals surface area contributed by atoms with Crippen LogP contribution in [0.4, 0.5) is 5.69 Å². The summed E-state index contributed by atoms with van der Waals surface area (Å²) < 4.78 is 12.6. The summed E-state index contributed by atoms with van der Waals surface area (Å²) in [4.78, 5) is 11.3. The van der Waals surface area contributed by atoms with E-state index in [1.165, 1.54) is 0 Å². The van der Waals surface area contributed by atoms with Gasteiger partial charge in [0.15, 0.2) is 0 Å². The molecule has 0 unspecified atom stereocenters. The molecule has 22 heavy (non-hydrogen) atoms. The molecule has 0 saturated carbocycles. The second-order valence-electron chi connectivity index (χ2n) is 4.76. The van der Waals surface area contributed by atoms with Crippen molar-refractivity contribution in [1.82, 2.24) is 9.47 Å². The Morgan fingerprint density at radius 3 is 2.50 bits per heavy atom. The van der Waals surface area contributed by atoms with Crippen LogP contribution < -0.4 is 5.68 Å². The number of oxazole rings is 1. The first-order valence-corrected chi connectivity index (χ1v) is 6.94. The van der Waals surface area contributed by atoms with Crippen molar-refractivity contribution < 1.29 is 9.15 Å². The fraction of sp³-hybridized carbons (Fsp3) is 0.333. The van der Waals surface area contributed by atoms with Gasteiger partial charge in [-0.3, -0.25) is 0 Å². The van der Waals surface area contributed by atoms with Crippen LogP contribution in [0.15, 0.2) is 57.2 Å². The molecule has 2 heterocycles. The number of aliphatic imine (C=N–C) groups is 1. The van der Waals surface area contributed by atoms with Crippen LogP contribution in [0.2, 0.25) is 0 Å². The minimum atomic E-state index is 0. The molecule has 6 nitrogen and oxygen atoms in total. The molecule has 1 saturated heterocycles. The van der Waals surface area contributed by atoms with Gasteiger partial charge in [0.25, 0.3) is 0 Å². The second-order valence-corrected chi connectivity index (χ2v) is 4.76. The van der Waals surface area contributed by atoms with Crippen molar-refractivity contribution in [2.24, 2.45) is 17.0 Å². The van der Waals surface area contributed by atoms with Gasteiger partial charge in [0.1, 0.15) is 6.26 Å². The molecule has 1 aromatic heterocycles. The van der Waals surface area contributed by atoms with Gasteiger partial charge in [0, 0.05) is 26.3 Å². The first-order chi connectivity index (χ1) is 10.3. The predicted molar refractivity (Wildman–Crippen MR) is 94.6 cm³/mol. The molecular weight excluding hydrogens is 395 g/mol. The van der Waals surface area contributed by atoms with Gasteiger partial charge < -0.3 is 18.6 Å². The van der Waals surface area contributed by atoms with Gasteiger partial charge in [-0.15, -0.1) is 24.0 Å². The maximum Gasteiger partial charge on any atom is 0.304 e. The predicted octanol–water partition coefficient (Wildman–Crippen LogP) is 2.16. The van der Waals surface area contributed by atoms with E-state index in [2.05, 4.69) is 14.9 Å². The molecule has 1 aliphatic heterocycles. The number of morpholine rings is 1. The summed E-state index contributed by atoms with van der Waals surface area (Å²) in [6.07, 6.45) is 3.43. The van der Waals surface area contributed by atoms with Crippen molar-refractivity contribution in [2.45, 2.75) is 0 Å². The van der Waals surface area contributed by atoms with Crippen LogP contribution >= 0.6 is 24.0 Å². The maximum atomic E-state index is 5.39. The molecule has 3 rings (SSSR count). The summed E-state index contributed by atoms with van der Waals surface area (Å²) in [7, 11) is 1.89. The second kappa shape index (κ2) is 8.14. The van der Waals surface area contributed by atoms with Crippen LogP contribution in [0.1, 0.15) is 0 Å². The quantitative estimate of drug-likeness (QED) is 0.408. The summed E-state index contributed by atoms with van der Waals surface area (Å²) in [5.41, 5.74) is 1.40. The van der Waals surface area contributed by atoms with Crippen LogP contribution in [0, 0.1) is 0 Å². The third-order valence-corrected chi connectivity index (χ3v) is 3.23. The molecule has 0 radical (unpaired) electrons. The molecule has 7 heteroatoms. The molecule has 0 bridgehead atoms. The highest BCUT2D eigenvalue weighted by molar-refractivity contribution is 14.0. The molecule has 1 aliphatic rings. The van der Waals surface area contributed by atoms with Crippen molar-refractivity contribution in [2.75, 3.05) is 26.3 Å². The third-order valence-electron chi connectivity index (χ3n) is 3.23. The Bertz CT molecular complexity index is 672. The number of hydrogen-bond acceptors (Lipinski definition) is 3. The lowest BCUT2D eigenvalue weighted by atomic mass is 10.3. The normalized spacial score (nSPS) is 16.5. The zero-order chi connectivity index (χ0) is 14.5. The van der Waals surface area contributed by atoms with E-state index in [-0.39, 0.29) is 24.0 Å². The van der Waals surface area contributed by atoms with Crippen LogP contribution in [-0.4, -0.2) is 41.7 Å². The molecule has 0 atom stereocenters. The highest BCUT2D eigenvalue weighted by atomic mass is 127. The minimum absolute atomic E-state index is 0. The Balaban J connectivity index is 0.00000176. The Morgan fingerprint density at radius 2 is 1.86 bits per heavy atom. The van der Waals surface area contributed by atoms with Gasteiger partial charge in [-0.1, -0.05) is 18.2 Å². The Hall–Kier alpha value is -1.61. The summed E-state index contributed by atoms with van der Waals surface area (Å²) >= 11 is 0. The fourth-order valence-corrected chi connectivity index (χ4v) is 2.07. The number of hydrogen-bond donors (Lipinski definition) is 0. The number of halogens is 1. The number of nitrogens with zero attached hydrogens (tertiary/aromatic N) is 4. The summed E-state index contributed by atoms with van der Waals surface area (Å²) in [6, 6.07) is 9.80. The van der Waals surface area contributed by atoms with Crippen LogP contribution in [0.3, 0.4) is 0 Å². The molecular formula is C15H19IN4O2. The number of para-hydroxylation sites is 1. The van der Waals surface area contributed by atoms with Crippen LogP contribution in [0.5, 0.6) is 0 Å². The smallest absolute Gasteiger partial charge is 0.304 e. The van der Waals surface area contributed by atoms with Crippen LogP contribution in [-0.2, 0) is 11.8 Å². The monoisotopic (exact) mass is 414 g/mol. The standard InChI is InChI=1S/C15H18N4O2.HI/c1-18-7-12-21-15(18)17-14(19-8-10-20-11-9-19)16-13-5-3-2-4-6-13;/h2-7,12H,8-11H2,1H3;1H. The van der Waals surface area contributed by atoms with E-state index in [1.807, 2.05) is 48.1 Å². The molecule has 0 amide bonds. The zero-order valence-corrected chi connectivity index (χ0v) is 14.7. The van der Waals surface area contributed by atoms with Gasteiger partial charge in [-0.2, -0.15) is 4.99 Å². The first-order valence-electron chi connectivity index (χ1n) is 6.94. The SMILES string of the molecule is Cn1ccoc1=NC(=Nc1ccccc1)N1CCOCC1.I. The van der Waals surface area contributed by atoms with Gasteiger partial charge in [0.05, 0.1) is 18.9 Å². The fourth-order valence-electron chi connectivity index (χ4n) is 2.07. The van der Waals surface area contributed by atoms with E-state index in [0.717, 1.165) is 18.8 Å². The van der Waals surface area contributed by atoms with Gasteiger partial charge >= 0.3 is 5.68 Å². The molecule has 2 aromatic rings.